The van der Waals surface area contributed by atoms with Gasteiger partial charge in [0.25, 0.3) is 0 Å². The predicted molar refractivity (Wildman–Crippen MR) is 169 cm³/mol. The van der Waals surface area contributed by atoms with Crippen molar-refractivity contribution < 1.29 is 9.53 Å². The second kappa shape index (κ2) is 10.8. The summed E-state index contributed by atoms with van der Waals surface area (Å²) in [5, 5.41) is 0. The summed E-state index contributed by atoms with van der Waals surface area (Å²) in [6.07, 6.45) is 8.22. The lowest BCUT2D eigenvalue weighted by Gasteiger charge is -2.46. The Hall–Kier alpha value is -3.64. The Kier molecular flexibility index (Phi) is 6.78. The van der Waals surface area contributed by atoms with Gasteiger partial charge in [0, 0.05) is 36.8 Å². The van der Waals surface area contributed by atoms with E-state index in [0.29, 0.717) is 24.7 Å². The highest BCUT2D eigenvalue weighted by molar-refractivity contribution is 5.85. The molecule has 6 heteroatoms. The predicted octanol–water partition coefficient (Wildman–Crippen LogP) is 6.64. The van der Waals surface area contributed by atoms with Crippen molar-refractivity contribution in [3.05, 3.63) is 95.8 Å². The van der Waals surface area contributed by atoms with Gasteiger partial charge in [-0.05, 0) is 87.6 Å². The highest BCUT2D eigenvalue weighted by Gasteiger charge is 2.45. The fourth-order valence-corrected chi connectivity index (χ4v) is 9.01. The van der Waals surface area contributed by atoms with Crippen LogP contribution in [0.4, 0.5) is 0 Å². The molecule has 3 fully saturated rings. The molecule has 4 aliphatic heterocycles. The number of imidazole rings is 1. The number of hydrogen-bond donors (Lipinski definition) is 0. The van der Waals surface area contributed by atoms with Crippen molar-refractivity contribution in [1.82, 2.24) is 19.4 Å². The molecule has 4 aliphatic rings. The zero-order chi connectivity index (χ0) is 29.0. The highest BCUT2D eigenvalue weighted by atomic mass is 16.5. The molecule has 1 amide bonds. The number of para-hydroxylation sites is 3. The third kappa shape index (κ3) is 4.66. The van der Waals surface area contributed by atoms with Gasteiger partial charge in [-0.15, -0.1) is 0 Å². The van der Waals surface area contributed by atoms with Crippen molar-refractivity contribution >= 4 is 16.9 Å². The average molecular weight is 575 g/mol. The molecule has 4 aromatic rings. The van der Waals surface area contributed by atoms with Gasteiger partial charge in [0.05, 0.1) is 11.0 Å². The van der Waals surface area contributed by atoms with E-state index in [9.17, 15) is 4.79 Å². The number of likely N-dealkylation sites (tertiary alicyclic amines) is 1. The fraction of sp³-hybridized carbons (Fsp3) is 0.459. The number of nitrogens with zero attached hydrogens (tertiary/aromatic N) is 4. The van der Waals surface area contributed by atoms with E-state index in [-0.39, 0.29) is 17.2 Å². The van der Waals surface area contributed by atoms with Crippen LogP contribution in [-0.4, -0.2) is 63.6 Å². The molecule has 43 heavy (non-hydrogen) atoms. The van der Waals surface area contributed by atoms with Crippen LogP contribution in [-0.2, 0) is 10.2 Å². The number of hydrogen-bond acceptors (Lipinski definition) is 4. The quantitative estimate of drug-likeness (QED) is 0.259. The SMILES string of the molecule is Cc1nc2ccccc2n1C1CC2CCC(C1)N2CCC1(c2ccccc2)CCN(C(=O)C2COc3ccccc32)CC1. The monoisotopic (exact) mass is 574 g/mol. The first-order chi connectivity index (χ1) is 21.1. The summed E-state index contributed by atoms with van der Waals surface area (Å²) in [7, 11) is 0. The summed E-state index contributed by atoms with van der Waals surface area (Å²) in [5.41, 5.74) is 5.00. The highest BCUT2D eigenvalue weighted by Crippen LogP contribution is 2.45. The molecule has 3 atom stereocenters. The van der Waals surface area contributed by atoms with Crippen LogP contribution in [0.5, 0.6) is 5.75 Å². The number of piperidine rings is 2. The molecule has 222 valence electrons. The van der Waals surface area contributed by atoms with Crippen LogP contribution in [0.3, 0.4) is 0 Å². The zero-order valence-corrected chi connectivity index (χ0v) is 25.2. The van der Waals surface area contributed by atoms with E-state index in [2.05, 4.69) is 82.0 Å². The van der Waals surface area contributed by atoms with Crippen molar-refractivity contribution in [2.24, 2.45) is 0 Å². The van der Waals surface area contributed by atoms with Gasteiger partial charge in [-0.25, -0.2) is 4.98 Å². The summed E-state index contributed by atoms with van der Waals surface area (Å²) in [6.45, 7) is 5.40. The summed E-state index contributed by atoms with van der Waals surface area (Å²) in [5.74, 6) is 2.07. The van der Waals surface area contributed by atoms with Gasteiger partial charge in [-0.2, -0.15) is 0 Å². The fourth-order valence-electron chi connectivity index (χ4n) is 9.01. The molecular formula is C37H42N4O2. The molecule has 0 N–H and O–H groups in total. The summed E-state index contributed by atoms with van der Waals surface area (Å²) in [4.78, 5) is 23.5. The summed E-state index contributed by atoms with van der Waals surface area (Å²) < 4.78 is 8.40. The van der Waals surface area contributed by atoms with Crippen LogP contribution in [0.15, 0.2) is 78.9 Å². The Morgan fingerprint density at radius 2 is 1.58 bits per heavy atom. The van der Waals surface area contributed by atoms with E-state index >= 15 is 0 Å². The van der Waals surface area contributed by atoms with Crippen LogP contribution in [0.25, 0.3) is 11.0 Å². The number of benzene rings is 3. The Bertz CT molecular complexity index is 1610. The first-order valence-corrected chi connectivity index (χ1v) is 16.3. The van der Waals surface area contributed by atoms with Gasteiger partial charge in [-0.3, -0.25) is 9.69 Å². The number of carbonyl (C=O) groups excluding carboxylic acids is 1. The lowest BCUT2D eigenvalue weighted by atomic mass is 9.70. The molecular weight excluding hydrogens is 532 g/mol. The van der Waals surface area contributed by atoms with Gasteiger partial charge in [0.1, 0.15) is 24.1 Å². The van der Waals surface area contributed by atoms with Crippen molar-refractivity contribution in [2.75, 3.05) is 26.2 Å². The Morgan fingerprint density at radius 1 is 0.884 bits per heavy atom. The molecule has 5 heterocycles. The zero-order valence-electron chi connectivity index (χ0n) is 25.2. The lowest BCUT2D eigenvalue weighted by Crippen LogP contribution is -2.49. The van der Waals surface area contributed by atoms with Crippen molar-refractivity contribution in [2.45, 2.75) is 81.3 Å². The minimum atomic E-state index is -0.173. The molecule has 3 aromatic carbocycles. The van der Waals surface area contributed by atoms with Gasteiger partial charge in [0.2, 0.25) is 5.91 Å². The van der Waals surface area contributed by atoms with E-state index in [4.69, 9.17) is 9.72 Å². The largest absolute Gasteiger partial charge is 0.492 e. The van der Waals surface area contributed by atoms with Crippen LogP contribution < -0.4 is 4.74 Å². The number of rotatable bonds is 6. The maximum atomic E-state index is 13.7. The molecule has 6 nitrogen and oxygen atoms in total. The lowest BCUT2D eigenvalue weighted by molar-refractivity contribution is -0.134. The van der Waals surface area contributed by atoms with Crippen LogP contribution >= 0.6 is 0 Å². The van der Waals surface area contributed by atoms with Crippen LogP contribution in [0.1, 0.15) is 73.9 Å². The number of aromatic nitrogens is 2. The van der Waals surface area contributed by atoms with E-state index in [1.807, 2.05) is 18.2 Å². The number of ether oxygens (including phenoxy) is 1. The second-order valence-corrected chi connectivity index (χ2v) is 13.4. The van der Waals surface area contributed by atoms with E-state index in [1.54, 1.807) is 0 Å². The minimum Gasteiger partial charge on any atom is -0.492 e. The van der Waals surface area contributed by atoms with Crippen molar-refractivity contribution in [1.29, 1.82) is 0 Å². The Labute approximate surface area is 254 Å². The van der Waals surface area contributed by atoms with Gasteiger partial charge in [-0.1, -0.05) is 60.7 Å². The van der Waals surface area contributed by atoms with E-state index in [1.165, 1.54) is 36.8 Å². The van der Waals surface area contributed by atoms with Crippen LogP contribution in [0.2, 0.25) is 0 Å². The van der Waals surface area contributed by atoms with Gasteiger partial charge < -0.3 is 14.2 Å². The minimum absolute atomic E-state index is 0.107. The maximum absolute atomic E-state index is 13.7. The Balaban J connectivity index is 0.972. The summed E-state index contributed by atoms with van der Waals surface area (Å²) >= 11 is 0. The normalized spacial score (nSPS) is 26.4. The second-order valence-electron chi connectivity index (χ2n) is 13.4. The molecule has 2 bridgehead atoms. The maximum Gasteiger partial charge on any atom is 0.233 e. The van der Waals surface area contributed by atoms with Crippen molar-refractivity contribution in [3.63, 3.8) is 0 Å². The summed E-state index contributed by atoms with van der Waals surface area (Å²) in [6, 6.07) is 29.6. The van der Waals surface area contributed by atoms with E-state index < -0.39 is 0 Å². The molecule has 0 spiro atoms. The number of fused-ring (bicyclic) bond motifs is 4. The smallest absolute Gasteiger partial charge is 0.233 e. The molecule has 1 aromatic heterocycles. The van der Waals surface area contributed by atoms with Gasteiger partial charge in [0.15, 0.2) is 0 Å². The Morgan fingerprint density at radius 3 is 2.37 bits per heavy atom. The average Bonchev–Trinajstić information content (AvgIpc) is 3.70. The molecule has 3 saturated heterocycles. The topological polar surface area (TPSA) is 50.6 Å². The number of amides is 1. The first-order valence-electron chi connectivity index (χ1n) is 16.3. The molecule has 8 rings (SSSR count). The third-order valence-corrected chi connectivity index (χ3v) is 11.3. The molecule has 0 saturated carbocycles. The van der Waals surface area contributed by atoms with Gasteiger partial charge >= 0.3 is 0 Å². The molecule has 0 aliphatic carbocycles. The number of carbonyl (C=O) groups is 1. The standard InChI is InChI=1S/C37H42N4O2/c1-26-38-33-12-6-7-13-34(33)41(26)30-23-28-15-16-29(24-30)40(28)22-19-37(27-9-3-2-4-10-27)17-20-39(21-18-37)36(42)32-25-43-35-14-8-5-11-31(32)35/h2-14,28-30,32H,15-25H2,1H3. The third-order valence-electron chi connectivity index (χ3n) is 11.3. The van der Waals surface area contributed by atoms with Crippen LogP contribution in [0, 0.1) is 6.92 Å². The van der Waals surface area contributed by atoms with Crippen molar-refractivity contribution in [3.8, 4) is 5.75 Å². The number of aryl methyl sites for hydroxylation is 1. The molecule has 3 unspecified atom stereocenters. The van der Waals surface area contributed by atoms with E-state index in [0.717, 1.165) is 61.6 Å². The molecule has 0 radical (unpaired) electrons. The first kappa shape index (κ1) is 26.9.